The fraction of sp³-hybridized carbons (Fsp3) is 0.344. The number of nitrogens with one attached hydrogen (secondary N) is 1. The number of methoxy groups -OCH3 is 1. The lowest BCUT2D eigenvalue weighted by atomic mass is 9.71. The van der Waals surface area contributed by atoms with Crippen molar-refractivity contribution in [3.63, 3.8) is 0 Å². The molecule has 1 saturated carbocycles. The molecule has 0 unspecified atom stereocenters. The molecule has 3 heterocycles. The van der Waals surface area contributed by atoms with E-state index in [1.807, 2.05) is 53.4 Å². The maximum atomic E-state index is 14.4. The Morgan fingerprint density at radius 2 is 1.78 bits per heavy atom. The van der Waals surface area contributed by atoms with Gasteiger partial charge in [0.25, 0.3) is 0 Å². The highest BCUT2D eigenvalue weighted by molar-refractivity contribution is 6.31. The van der Waals surface area contributed by atoms with Gasteiger partial charge >= 0.3 is 5.97 Å². The topological polar surface area (TPSA) is 78.9 Å². The van der Waals surface area contributed by atoms with Gasteiger partial charge in [-0.15, -0.1) is 0 Å². The van der Waals surface area contributed by atoms with E-state index in [2.05, 4.69) is 10.2 Å². The number of benzene rings is 3. The van der Waals surface area contributed by atoms with Gasteiger partial charge < -0.3 is 15.0 Å². The van der Waals surface area contributed by atoms with Gasteiger partial charge in [-0.1, -0.05) is 53.5 Å². The zero-order valence-electron chi connectivity index (χ0n) is 22.5. The van der Waals surface area contributed by atoms with Gasteiger partial charge in [0, 0.05) is 52.9 Å². The summed E-state index contributed by atoms with van der Waals surface area (Å²) >= 11 is 12.9. The molecule has 7 rings (SSSR count). The summed E-state index contributed by atoms with van der Waals surface area (Å²) in [7, 11) is 1.35. The minimum Gasteiger partial charge on any atom is -0.465 e. The summed E-state index contributed by atoms with van der Waals surface area (Å²) < 4.78 is 4.82. The van der Waals surface area contributed by atoms with Gasteiger partial charge in [-0.25, -0.2) is 4.79 Å². The van der Waals surface area contributed by atoms with Crippen LogP contribution in [0, 0.1) is 11.8 Å². The van der Waals surface area contributed by atoms with Crippen molar-refractivity contribution in [2.24, 2.45) is 11.8 Å². The van der Waals surface area contributed by atoms with E-state index >= 15 is 0 Å². The Morgan fingerprint density at radius 3 is 2.49 bits per heavy atom. The van der Waals surface area contributed by atoms with Crippen molar-refractivity contribution < 1.29 is 19.1 Å². The lowest BCUT2D eigenvalue weighted by Crippen LogP contribution is -2.54. The smallest absolute Gasteiger partial charge is 0.337 e. The molecule has 7 nitrogen and oxygen atoms in total. The largest absolute Gasteiger partial charge is 0.465 e. The molecule has 4 atom stereocenters. The number of ether oxygens (including phenoxy) is 1. The molecule has 4 aliphatic rings. The first-order valence-corrected chi connectivity index (χ1v) is 14.7. The number of carbonyl (C=O) groups excluding carboxylic acids is 3. The number of amides is 2. The number of anilines is 1. The lowest BCUT2D eigenvalue weighted by Gasteiger charge is -2.41. The second-order valence-electron chi connectivity index (χ2n) is 11.5. The second-order valence-corrected chi connectivity index (χ2v) is 12.4. The van der Waals surface area contributed by atoms with Crippen LogP contribution >= 0.6 is 23.2 Å². The van der Waals surface area contributed by atoms with Crippen molar-refractivity contribution in [3.05, 3.63) is 99.0 Å². The van der Waals surface area contributed by atoms with Crippen molar-refractivity contribution >= 4 is 46.7 Å². The molecular weight excluding hydrogens is 561 g/mol. The van der Waals surface area contributed by atoms with Crippen LogP contribution in [0.1, 0.15) is 45.8 Å². The maximum Gasteiger partial charge on any atom is 0.337 e. The van der Waals surface area contributed by atoms with Crippen LogP contribution in [0.25, 0.3) is 0 Å². The van der Waals surface area contributed by atoms with Crippen LogP contribution in [0.5, 0.6) is 0 Å². The minimum atomic E-state index is -1.05. The number of likely N-dealkylation sites (tertiary alicyclic amines) is 2. The molecule has 3 aromatic rings. The average molecular weight is 591 g/mol. The fourth-order valence-electron chi connectivity index (χ4n) is 7.28. The van der Waals surface area contributed by atoms with Crippen LogP contribution in [-0.4, -0.2) is 53.8 Å². The molecule has 3 aliphatic heterocycles. The molecule has 0 aromatic heterocycles. The van der Waals surface area contributed by atoms with Crippen molar-refractivity contribution in [1.29, 1.82) is 0 Å². The third-order valence-electron chi connectivity index (χ3n) is 9.18. The molecule has 2 saturated heterocycles. The van der Waals surface area contributed by atoms with Crippen molar-refractivity contribution in [2.75, 3.05) is 25.5 Å². The summed E-state index contributed by atoms with van der Waals surface area (Å²) in [5.74, 6) is -0.882. The van der Waals surface area contributed by atoms with E-state index in [4.69, 9.17) is 27.9 Å². The number of hydrogen-bond donors (Lipinski definition) is 1. The zero-order chi connectivity index (χ0) is 28.5. The molecule has 1 aliphatic carbocycles. The molecule has 0 radical (unpaired) electrons. The van der Waals surface area contributed by atoms with Crippen LogP contribution in [0.4, 0.5) is 5.69 Å². The zero-order valence-corrected chi connectivity index (χ0v) is 24.0. The molecule has 3 aromatic carbocycles. The van der Waals surface area contributed by atoms with Gasteiger partial charge in [-0.3, -0.25) is 14.5 Å². The molecule has 210 valence electrons. The Balaban J connectivity index is 1.32. The highest BCUT2D eigenvalue weighted by Gasteiger charge is 2.70. The number of halogens is 2. The van der Waals surface area contributed by atoms with Gasteiger partial charge in [-0.05, 0) is 66.3 Å². The van der Waals surface area contributed by atoms with E-state index < -0.39 is 23.3 Å². The summed E-state index contributed by atoms with van der Waals surface area (Å²) in [5, 5.41) is 4.24. The number of esters is 1. The Hall–Kier alpha value is -3.39. The number of rotatable bonds is 6. The maximum absolute atomic E-state index is 14.4. The molecule has 0 bridgehead atoms. The minimum absolute atomic E-state index is 0.0184. The predicted octanol–water partition coefficient (Wildman–Crippen LogP) is 5.46. The van der Waals surface area contributed by atoms with E-state index in [0.717, 1.165) is 36.1 Å². The van der Waals surface area contributed by atoms with Crippen molar-refractivity contribution in [3.8, 4) is 0 Å². The first-order valence-electron chi connectivity index (χ1n) is 13.9. The predicted molar refractivity (Wildman–Crippen MR) is 156 cm³/mol. The Labute approximate surface area is 248 Å². The SMILES string of the molecule is COC(=O)c1ccc(CN2C[C@H]3[C@@H](C2=O)[C@H](c2cccc(Cl)c2)[C@]2(C(=O)Nc4cc(Cl)ccc42)N3CC2CC2)cc1. The third kappa shape index (κ3) is 4.17. The summed E-state index contributed by atoms with van der Waals surface area (Å²) in [5.41, 5.74) is 2.78. The highest BCUT2D eigenvalue weighted by atomic mass is 35.5. The second kappa shape index (κ2) is 9.86. The van der Waals surface area contributed by atoms with Gasteiger partial charge in [-0.2, -0.15) is 0 Å². The molecule has 1 spiro atoms. The standard InChI is InChI=1S/C32H29Cl2N3O4/c1-41-30(39)20-9-7-18(8-10-20)15-36-17-26-27(29(36)38)28(21-3-2-4-22(33)13-21)32(37(26)16-19-5-6-19)24-12-11-23(34)14-25(24)35-31(32)40/h2-4,7-14,19,26-28H,5-6,15-17H2,1H3,(H,35,40)/t26-,27+,28-,32+/m0/s1. The average Bonchev–Trinajstić information content (AvgIpc) is 3.60. The summed E-state index contributed by atoms with van der Waals surface area (Å²) in [6, 6.07) is 20.1. The van der Waals surface area contributed by atoms with Crippen molar-refractivity contribution in [2.45, 2.75) is 36.9 Å². The highest BCUT2D eigenvalue weighted by Crippen LogP contribution is 2.62. The van der Waals surface area contributed by atoms with Crippen LogP contribution in [-0.2, 0) is 26.4 Å². The lowest BCUT2D eigenvalue weighted by molar-refractivity contribution is -0.133. The molecule has 2 amide bonds. The van der Waals surface area contributed by atoms with Crippen LogP contribution in [0.2, 0.25) is 10.0 Å². The molecule has 1 N–H and O–H groups in total. The summed E-state index contributed by atoms with van der Waals surface area (Å²) in [6.45, 7) is 1.66. The number of nitrogens with zero attached hydrogens (tertiary/aromatic N) is 2. The third-order valence-corrected chi connectivity index (χ3v) is 9.65. The van der Waals surface area contributed by atoms with Crippen molar-refractivity contribution in [1.82, 2.24) is 9.80 Å². The number of hydrogen-bond acceptors (Lipinski definition) is 5. The first kappa shape index (κ1) is 26.5. The van der Waals surface area contributed by atoms with Crippen LogP contribution in [0.3, 0.4) is 0 Å². The number of fused-ring (bicyclic) bond motifs is 3. The monoisotopic (exact) mass is 589 g/mol. The van der Waals surface area contributed by atoms with E-state index in [-0.39, 0.29) is 17.9 Å². The van der Waals surface area contributed by atoms with Gasteiger partial charge in [0.2, 0.25) is 11.8 Å². The van der Waals surface area contributed by atoms with Crippen LogP contribution < -0.4 is 5.32 Å². The molecule has 3 fully saturated rings. The van der Waals surface area contributed by atoms with Crippen LogP contribution in [0.15, 0.2) is 66.7 Å². The number of carbonyl (C=O) groups is 3. The molecule has 41 heavy (non-hydrogen) atoms. The van der Waals surface area contributed by atoms with E-state index in [1.165, 1.54) is 7.11 Å². The summed E-state index contributed by atoms with van der Waals surface area (Å²) in [6.07, 6.45) is 2.23. The Morgan fingerprint density at radius 1 is 1.02 bits per heavy atom. The van der Waals surface area contributed by atoms with Gasteiger partial charge in [0.1, 0.15) is 5.54 Å². The fourth-order valence-corrected chi connectivity index (χ4v) is 7.65. The Bertz CT molecular complexity index is 1570. The van der Waals surface area contributed by atoms with Gasteiger partial charge in [0.15, 0.2) is 0 Å². The van der Waals surface area contributed by atoms with E-state index in [1.54, 1.807) is 18.2 Å². The summed E-state index contributed by atoms with van der Waals surface area (Å²) in [4.78, 5) is 44.8. The quantitative estimate of drug-likeness (QED) is 0.386. The van der Waals surface area contributed by atoms with Gasteiger partial charge in [0.05, 0.1) is 18.6 Å². The Kier molecular flexibility index (Phi) is 6.38. The first-order chi connectivity index (χ1) is 19.8. The normalized spacial score (nSPS) is 26.8. The molecular formula is C32H29Cl2N3O4. The van der Waals surface area contributed by atoms with E-state index in [0.29, 0.717) is 40.3 Å². The molecule has 9 heteroatoms. The van der Waals surface area contributed by atoms with E-state index in [9.17, 15) is 14.4 Å².